The molecule has 0 radical (unpaired) electrons. The number of carbonyl (C=O) groups excluding carboxylic acids is 1. The number of hydrogen-bond donors (Lipinski definition) is 0. The molecule has 0 aromatic heterocycles. The lowest BCUT2D eigenvalue weighted by Crippen LogP contribution is -2.13. The van der Waals surface area contributed by atoms with Crippen LogP contribution in [0.15, 0.2) is 0 Å². The first-order valence-corrected chi connectivity index (χ1v) is 7.28. The van der Waals surface area contributed by atoms with E-state index in [-0.39, 0.29) is 0 Å². The van der Waals surface area contributed by atoms with Gasteiger partial charge in [-0.15, -0.1) is 0 Å². The van der Waals surface area contributed by atoms with Crippen molar-refractivity contribution in [3.8, 4) is 0 Å². The summed E-state index contributed by atoms with van der Waals surface area (Å²) < 4.78 is 0. The first kappa shape index (κ1) is 10.8. The van der Waals surface area contributed by atoms with Gasteiger partial charge >= 0.3 is 0 Å². The molecule has 0 amide bonds. The molecular formula is C15H24O. The highest BCUT2D eigenvalue weighted by Crippen LogP contribution is 2.69. The summed E-state index contributed by atoms with van der Waals surface area (Å²) in [6.07, 6.45) is 7.56. The second-order valence-electron chi connectivity index (χ2n) is 6.37. The van der Waals surface area contributed by atoms with Crippen LogP contribution in [0.5, 0.6) is 0 Å². The first-order valence-electron chi connectivity index (χ1n) is 7.28. The third-order valence-electron chi connectivity index (χ3n) is 5.75. The van der Waals surface area contributed by atoms with Gasteiger partial charge in [-0.3, -0.25) is 4.79 Å². The molecule has 0 spiro atoms. The molecule has 0 aliphatic heterocycles. The minimum Gasteiger partial charge on any atom is -0.299 e. The van der Waals surface area contributed by atoms with Gasteiger partial charge < -0.3 is 0 Å². The maximum absolute atomic E-state index is 12.3. The molecule has 2 bridgehead atoms. The highest BCUT2D eigenvalue weighted by atomic mass is 16.1. The van der Waals surface area contributed by atoms with Crippen LogP contribution in [-0.4, -0.2) is 5.78 Å². The maximum atomic E-state index is 12.3. The van der Waals surface area contributed by atoms with Crippen LogP contribution >= 0.6 is 0 Å². The maximum Gasteiger partial charge on any atom is 0.136 e. The molecule has 0 N–H and O–H groups in total. The molecule has 0 aromatic carbocycles. The van der Waals surface area contributed by atoms with Gasteiger partial charge in [-0.25, -0.2) is 0 Å². The van der Waals surface area contributed by atoms with Crippen molar-refractivity contribution in [2.75, 3.05) is 0 Å². The molecule has 3 rings (SSSR count). The molecule has 16 heavy (non-hydrogen) atoms. The smallest absolute Gasteiger partial charge is 0.136 e. The lowest BCUT2D eigenvalue weighted by atomic mass is 9.91. The van der Waals surface area contributed by atoms with Crippen molar-refractivity contribution in [3.63, 3.8) is 0 Å². The topological polar surface area (TPSA) is 17.1 Å². The second-order valence-corrected chi connectivity index (χ2v) is 6.37. The van der Waals surface area contributed by atoms with E-state index in [1.165, 1.54) is 32.1 Å². The van der Waals surface area contributed by atoms with E-state index in [0.717, 1.165) is 30.1 Å². The van der Waals surface area contributed by atoms with E-state index in [9.17, 15) is 4.79 Å². The Balaban J connectivity index is 1.58. The van der Waals surface area contributed by atoms with Crippen molar-refractivity contribution >= 4 is 5.78 Å². The summed E-state index contributed by atoms with van der Waals surface area (Å²) in [7, 11) is 0. The van der Waals surface area contributed by atoms with Gasteiger partial charge in [0.25, 0.3) is 0 Å². The summed E-state index contributed by atoms with van der Waals surface area (Å²) in [5.74, 6) is 5.40. The molecule has 3 aliphatic carbocycles. The van der Waals surface area contributed by atoms with Crippen molar-refractivity contribution in [1.29, 1.82) is 0 Å². The van der Waals surface area contributed by atoms with Crippen molar-refractivity contribution in [1.82, 2.24) is 0 Å². The van der Waals surface area contributed by atoms with Crippen LogP contribution < -0.4 is 0 Å². The average molecular weight is 220 g/mol. The molecule has 0 saturated heterocycles. The van der Waals surface area contributed by atoms with Gasteiger partial charge in [-0.05, 0) is 48.9 Å². The lowest BCUT2D eigenvalue weighted by molar-refractivity contribution is -0.122. The van der Waals surface area contributed by atoms with Gasteiger partial charge in [0.15, 0.2) is 0 Å². The van der Waals surface area contributed by atoms with Gasteiger partial charge in [0.05, 0.1) is 0 Å². The van der Waals surface area contributed by atoms with Crippen LogP contribution in [0.3, 0.4) is 0 Å². The van der Waals surface area contributed by atoms with Gasteiger partial charge in [0, 0.05) is 12.3 Å². The fraction of sp³-hybridized carbons (Fsp3) is 0.933. The second kappa shape index (κ2) is 3.85. The largest absolute Gasteiger partial charge is 0.299 e. The summed E-state index contributed by atoms with van der Waals surface area (Å²) in [6, 6.07) is 0. The standard InChI is InChI=1S/C15H24O/c1-3-9(4-2)7-12(16)15-13-10-5-6-11(8-10)14(13)15/h9-11,13-15H,3-8H2,1-2H3. The highest BCUT2D eigenvalue weighted by Gasteiger charge is 2.66. The summed E-state index contributed by atoms with van der Waals surface area (Å²) in [4.78, 5) is 12.3. The first-order chi connectivity index (χ1) is 7.76. The zero-order valence-corrected chi connectivity index (χ0v) is 10.6. The van der Waals surface area contributed by atoms with Crippen molar-refractivity contribution < 1.29 is 4.79 Å². The van der Waals surface area contributed by atoms with Crippen LogP contribution in [0.2, 0.25) is 0 Å². The van der Waals surface area contributed by atoms with Gasteiger partial charge in [-0.2, -0.15) is 0 Å². The van der Waals surface area contributed by atoms with E-state index in [4.69, 9.17) is 0 Å². The lowest BCUT2D eigenvalue weighted by Gasteiger charge is -2.13. The number of carbonyl (C=O) groups is 1. The summed E-state index contributed by atoms with van der Waals surface area (Å²) >= 11 is 0. The monoisotopic (exact) mass is 220 g/mol. The third kappa shape index (κ3) is 1.47. The third-order valence-corrected chi connectivity index (χ3v) is 5.75. The average Bonchev–Trinajstić information content (AvgIpc) is 2.75. The number of rotatable bonds is 5. The number of Topliss-reactive ketones (excluding diaryl/α,β-unsaturated/α-hetero) is 1. The Hall–Kier alpha value is -0.330. The minimum absolute atomic E-state index is 0.520. The zero-order chi connectivity index (χ0) is 11.3. The fourth-order valence-electron chi connectivity index (χ4n) is 4.75. The van der Waals surface area contributed by atoms with Crippen molar-refractivity contribution in [3.05, 3.63) is 0 Å². The van der Waals surface area contributed by atoms with Gasteiger partial charge in [0.2, 0.25) is 0 Å². The van der Waals surface area contributed by atoms with Gasteiger partial charge in [0.1, 0.15) is 5.78 Å². The van der Waals surface area contributed by atoms with E-state index < -0.39 is 0 Å². The molecule has 90 valence electrons. The summed E-state index contributed by atoms with van der Waals surface area (Å²) in [6.45, 7) is 4.44. The molecule has 1 heteroatoms. The summed E-state index contributed by atoms with van der Waals surface area (Å²) in [5.41, 5.74) is 0. The van der Waals surface area contributed by atoms with E-state index in [0.29, 0.717) is 17.6 Å². The van der Waals surface area contributed by atoms with E-state index >= 15 is 0 Å². The van der Waals surface area contributed by atoms with Crippen LogP contribution in [0.25, 0.3) is 0 Å². The molecule has 3 aliphatic rings. The molecule has 4 atom stereocenters. The van der Waals surface area contributed by atoms with Crippen molar-refractivity contribution in [2.45, 2.75) is 52.4 Å². The van der Waals surface area contributed by atoms with Crippen LogP contribution in [0.4, 0.5) is 0 Å². The zero-order valence-electron chi connectivity index (χ0n) is 10.6. The number of ketones is 1. The number of fused-ring (bicyclic) bond motifs is 5. The normalized spacial score (nSPS) is 43.8. The Bertz CT molecular complexity index is 276. The molecule has 0 heterocycles. The van der Waals surface area contributed by atoms with E-state index in [1.807, 2.05) is 0 Å². The SMILES string of the molecule is CCC(CC)CC(=O)C1C2C3CCC(C3)C12. The molecule has 0 aromatic rings. The van der Waals surface area contributed by atoms with Crippen LogP contribution in [0, 0.1) is 35.5 Å². The molecule has 3 saturated carbocycles. The number of hydrogen-bond acceptors (Lipinski definition) is 1. The Labute approximate surface area is 99.0 Å². The molecule has 3 fully saturated rings. The van der Waals surface area contributed by atoms with E-state index in [1.54, 1.807) is 0 Å². The minimum atomic E-state index is 0.520. The molecule has 4 unspecified atom stereocenters. The van der Waals surface area contributed by atoms with Gasteiger partial charge in [-0.1, -0.05) is 26.7 Å². The Morgan fingerprint density at radius 3 is 2.19 bits per heavy atom. The fourth-order valence-corrected chi connectivity index (χ4v) is 4.75. The van der Waals surface area contributed by atoms with E-state index in [2.05, 4.69) is 13.8 Å². The van der Waals surface area contributed by atoms with Crippen LogP contribution in [0.1, 0.15) is 52.4 Å². The Morgan fingerprint density at radius 1 is 1.12 bits per heavy atom. The predicted octanol–water partition coefficient (Wildman–Crippen LogP) is 3.67. The van der Waals surface area contributed by atoms with Crippen molar-refractivity contribution in [2.24, 2.45) is 35.5 Å². The molecular weight excluding hydrogens is 196 g/mol. The summed E-state index contributed by atoms with van der Waals surface area (Å²) in [5, 5.41) is 0. The highest BCUT2D eigenvalue weighted by molar-refractivity contribution is 5.85. The van der Waals surface area contributed by atoms with Crippen LogP contribution in [-0.2, 0) is 4.79 Å². The predicted molar refractivity (Wildman–Crippen MR) is 65.0 cm³/mol. The quantitative estimate of drug-likeness (QED) is 0.691. The Morgan fingerprint density at radius 2 is 1.69 bits per heavy atom. The molecule has 1 nitrogen and oxygen atoms in total. The Kier molecular flexibility index (Phi) is 2.60.